The van der Waals surface area contributed by atoms with Crippen molar-refractivity contribution in [3.05, 3.63) is 75.4 Å². The summed E-state index contributed by atoms with van der Waals surface area (Å²) in [6, 6.07) is 8.68. The van der Waals surface area contributed by atoms with Gasteiger partial charge in [-0.1, -0.05) is 19.1 Å². The van der Waals surface area contributed by atoms with E-state index in [0.29, 0.717) is 16.9 Å². The van der Waals surface area contributed by atoms with Gasteiger partial charge in [-0.25, -0.2) is 18.0 Å². The van der Waals surface area contributed by atoms with Gasteiger partial charge in [0.2, 0.25) is 5.91 Å². The zero-order valence-electron chi connectivity index (χ0n) is 14.9. The van der Waals surface area contributed by atoms with E-state index in [1.165, 1.54) is 17.8 Å². The number of carbonyl (C=O) groups excluding carboxylic acids is 1. The lowest BCUT2D eigenvalue weighted by Gasteiger charge is -2.08. The SMILES string of the molecule is CCc1ccc2c(CSCC(=O)Nc3ccc(F)c(F)c3F)cc(=O)oc2c1. The van der Waals surface area contributed by atoms with Gasteiger partial charge in [-0.3, -0.25) is 4.79 Å². The molecule has 4 nitrogen and oxygen atoms in total. The summed E-state index contributed by atoms with van der Waals surface area (Å²) in [4.78, 5) is 23.7. The lowest BCUT2D eigenvalue weighted by atomic mass is 10.1. The van der Waals surface area contributed by atoms with Gasteiger partial charge in [0.25, 0.3) is 0 Å². The first-order valence-electron chi connectivity index (χ1n) is 8.45. The molecule has 2 aromatic carbocycles. The van der Waals surface area contributed by atoms with Crippen molar-refractivity contribution in [1.29, 1.82) is 0 Å². The van der Waals surface area contributed by atoms with Gasteiger partial charge in [-0.15, -0.1) is 11.8 Å². The van der Waals surface area contributed by atoms with E-state index in [1.54, 1.807) is 0 Å². The van der Waals surface area contributed by atoms with E-state index in [1.807, 2.05) is 25.1 Å². The normalized spacial score (nSPS) is 11.0. The first-order chi connectivity index (χ1) is 13.4. The predicted molar refractivity (Wildman–Crippen MR) is 103 cm³/mol. The summed E-state index contributed by atoms with van der Waals surface area (Å²) in [6.07, 6.45) is 0.805. The number of hydrogen-bond donors (Lipinski definition) is 1. The van der Waals surface area contributed by atoms with Crippen LogP contribution in [0.4, 0.5) is 18.9 Å². The van der Waals surface area contributed by atoms with Crippen molar-refractivity contribution in [2.24, 2.45) is 0 Å². The smallest absolute Gasteiger partial charge is 0.336 e. The highest BCUT2D eigenvalue weighted by atomic mass is 32.2. The van der Waals surface area contributed by atoms with Crippen molar-refractivity contribution in [2.45, 2.75) is 19.1 Å². The molecule has 0 unspecified atom stereocenters. The summed E-state index contributed by atoms with van der Waals surface area (Å²) in [7, 11) is 0. The Hall–Kier alpha value is -2.74. The van der Waals surface area contributed by atoms with Crippen LogP contribution in [-0.2, 0) is 17.0 Å². The Balaban J connectivity index is 1.67. The second-order valence-electron chi connectivity index (χ2n) is 6.04. The Kier molecular flexibility index (Phi) is 6.08. The van der Waals surface area contributed by atoms with E-state index in [0.717, 1.165) is 29.5 Å². The summed E-state index contributed by atoms with van der Waals surface area (Å²) in [5.41, 5.74) is 1.32. The number of benzene rings is 2. The molecule has 0 aliphatic carbocycles. The minimum absolute atomic E-state index is 0.0623. The Bertz CT molecular complexity index is 1100. The van der Waals surface area contributed by atoms with E-state index in [4.69, 9.17) is 4.42 Å². The summed E-state index contributed by atoms with van der Waals surface area (Å²) in [5.74, 6) is -4.70. The van der Waals surface area contributed by atoms with Gasteiger partial charge >= 0.3 is 5.63 Å². The van der Waals surface area contributed by atoms with Crippen LogP contribution in [0.1, 0.15) is 18.1 Å². The number of carbonyl (C=O) groups is 1. The Morgan fingerprint density at radius 2 is 1.89 bits per heavy atom. The molecule has 0 fully saturated rings. The lowest BCUT2D eigenvalue weighted by Crippen LogP contribution is -2.16. The fraction of sp³-hybridized carbons (Fsp3) is 0.200. The van der Waals surface area contributed by atoms with Gasteiger partial charge in [0.05, 0.1) is 11.4 Å². The van der Waals surface area contributed by atoms with Gasteiger partial charge in [0, 0.05) is 17.2 Å². The Morgan fingerprint density at radius 3 is 2.64 bits per heavy atom. The zero-order valence-corrected chi connectivity index (χ0v) is 15.7. The van der Waals surface area contributed by atoms with Gasteiger partial charge in [-0.05, 0) is 35.7 Å². The highest BCUT2D eigenvalue weighted by Crippen LogP contribution is 2.24. The summed E-state index contributed by atoms with van der Waals surface area (Å²) < 4.78 is 45.0. The molecule has 28 heavy (non-hydrogen) atoms. The van der Waals surface area contributed by atoms with Gasteiger partial charge in [0.15, 0.2) is 17.5 Å². The topological polar surface area (TPSA) is 59.3 Å². The standard InChI is InChI=1S/C20H16F3NO3S/c1-2-11-3-4-13-12(8-18(26)27-16(13)7-11)9-28-10-17(25)24-15-6-5-14(21)19(22)20(15)23/h3-8H,2,9-10H2,1H3,(H,24,25). The highest BCUT2D eigenvalue weighted by Gasteiger charge is 2.15. The van der Waals surface area contributed by atoms with Crippen LogP contribution in [0.25, 0.3) is 11.0 Å². The molecule has 0 spiro atoms. The molecule has 0 saturated carbocycles. The lowest BCUT2D eigenvalue weighted by molar-refractivity contribution is -0.113. The molecule has 1 amide bonds. The number of amides is 1. The Labute approximate surface area is 162 Å². The van der Waals surface area contributed by atoms with Crippen LogP contribution in [0.2, 0.25) is 0 Å². The molecular weight excluding hydrogens is 391 g/mol. The third kappa shape index (κ3) is 4.39. The average Bonchev–Trinajstić information content (AvgIpc) is 2.67. The molecule has 3 rings (SSSR count). The third-order valence-electron chi connectivity index (χ3n) is 4.10. The largest absolute Gasteiger partial charge is 0.423 e. The number of nitrogens with one attached hydrogen (secondary N) is 1. The molecule has 0 saturated heterocycles. The molecule has 8 heteroatoms. The van der Waals surface area contributed by atoms with E-state index < -0.39 is 34.7 Å². The fourth-order valence-corrected chi connectivity index (χ4v) is 3.49. The second kappa shape index (κ2) is 8.52. The maximum atomic E-state index is 13.6. The molecule has 146 valence electrons. The molecule has 1 aromatic heterocycles. The fourth-order valence-electron chi connectivity index (χ4n) is 2.68. The Morgan fingerprint density at radius 1 is 1.11 bits per heavy atom. The number of hydrogen-bond acceptors (Lipinski definition) is 4. The number of rotatable bonds is 6. The number of thioether (sulfide) groups is 1. The van der Waals surface area contributed by atoms with E-state index in [2.05, 4.69) is 5.32 Å². The molecule has 0 radical (unpaired) electrons. The van der Waals surface area contributed by atoms with E-state index in [-0.39, 0.29) is 5.75 Å². The number of anilines is 1. The molecule has 3 aromatic rings. The summed E-state index contributed by atoms with van der Waals surface area (Å²) in [5, 5.41) is 2.98. The molecule has 0 bridgehead atoms. The van der Waals surface area contributed by atoms with E-state index in [9.17, 15) is 22.8 Å². The number of fused-ring (bicyclic) bond motifs is 1. The van der Waals surface area contributed by atoms with Crippen LogP contribution in [0.3, 0.4) is 0 Å². The average molecular weight is 407 g/mol. The molecule has 1 heterocycles. The molecule has 0 aliphatic rings. The predicted octanol–water partition coefficient (Wildman–Crippen LogP) is 4.64. The molecule has 1 N–H and O–H groups in total. The maximum absolute atomic E-state index is 13.6. The summed E-state index contributed by atoms with van der Waals surface area (Å²) >= 11 is 1.20. The van der Waals surface area contributed by atoms with Gasteiger partial charge in [0.1, 0.15) is 5.58 Å². The number of halogens is 3. The van der Waals surface area contributed by atoms with Crippen molar-refractivity contribution in [2.75, 3.05) is 11.1 Å². The van der Waals surface area contributed by atoms with Crippen molar-refractivity contribution in [1.82, 2.24) is 0 Å². The van der Waals surface area contributed by atoms with Gasteiger partial charge < -0.3 is 9.73 Å². The van der Waals surface area contributed by atoms with Crippen molar-refractivity contribution in [3.63, 3.8) is 0 Å². The van der Waals surface area contributed by atoms with Crippen molar-refractivity contribution < 1.29 is 22.4 Å². The monoisotopic (exact) mass is 407 g/mol. The minimum Gasteiger partial charge on any atom is -0.423 e. The zero-order chi connectivity index (χ0) is 20.3. The molecular formula is C20H16F3NO3S. The van der Waals surface area contributed by atoms with Crippen molar-refractivity contribution >= 4 is 34.3 Å². The first kappa shape index (κ1) is 20.0. The van der Waals surface area contributed by atoms with Crippen LogP contribution in [0, 0.1) is 17.5 Å². The quantitative estimate of drug-likeness (QED) is 0.478. The van der Waals surface area contributed by atoms with Crippen molar-refractivity contribution in [3.8, 4) is 0 Å². The second-order valence-corrected chi connectivity index (χ2v) is 7.02. The molecule has 0 atom stereocenters. The van der Waals surface area contributed by atoms with E-state index >= 15 is 0 Å². The van der Waals surface area contributed by atoms with Gasteiger partial charge in [-0.2, -0.15) is 0 Å². The maximum Gasteiger partial charge on any atom is 0.336 e. The first-order valence-corrected chi connectivity index (χ1v) is 9.61. The summed E-state index contributed by atoms with van der Waals surface area (Å²) in [6.45, 7) is 1.99. The van der Waals surface area contributed by atoms with Crippen LogP contribution < -0.4 is 10.9 Å². The van der Waals surface area contributed by atoms with Crippen LogP contribution in [-0.4, -0.2) is 11.7 Å². The molecule has 0 aliphatic heterocycles. The van der Waals surface area contributed by atoms with Crippen LogP contribution >= 0.6 is 11.8 Å². The highest BCUT2D eigenvalue weighted by molar-refractivity contribution is 7.99. The third-order valence-corrected chi connectivity index (χ3v) is 5.08. The van der Waals surface area contributed by atoms with Crippen LogP contribution in [0.15, 0.2) is 45.6 Å². The minimum atomic E-state index is -1.64. The van der Waals surface area contributed by atoms with Crippen LogP contribution in [0.5, 0.6) is 0 Å². The number of aryl methyl sites for hydroxylation is 1.